The van der Waals surface area contributed by atoms with Crippen molar-refractivity contribution in [3.05, 3.63) is 0 Å². The van der Waals surface area contributed by atoms with Gasteiger partial charge in [-0.3, -0.25) is 14.9 Å². The summed E-state index contributed by atoms with van der Waals surface area (Å²) in [5.74, 6) is 0.610. The van der Waals surface area contributed by atoms with Crippen molar-refractivity contribution in [2.45, 2.75) is 38.9 Å². The molecule has 0 bridgehead atoms. The Kier molecular flexibility index (Phi) is 6.68. The standard InChI is InChI=1S/C6H9NO2S.C3H8/c1-2-10-4-3-5(8)7-6(4)9;1-3-2/h4H,2-3H2,1H3,(H,7,8,9);3H2,1-2H3. The summed E-state index contributed by atoms with van der Waals surface area (Å²) in [5, 5.41) is 2.13. The summed E-state index contributed by atoms with van der Waals surface area (Å²) in [6.07, 6.45) is 1.61. The number of rotatable bonds is 2. The maximum Gasteiger partial charge on any atom is 0.240 e. The van der Waals surface area contributed by atoms with Crippen LogP contribution in [0.15, 0.2) is 0 Å². The fourth-order valence-electron chi connectivity index (χ4n) is 0.866. The van der Waals surface area contributed by atoms with Crippen molar-refractivity contribution >= 4 is 23.6 Å². The van der Waals surface area contributed by atoms with Gasteiger partial charge in [-0.2, -0.15) is 0 Å². The monoisotopic (exact) mass is 203 g/mol. The summed E-state index contributed by atoms with van der Waals surface area (Å²) >= 11 is 1.52. The molecule has 0 spiro atoms. The van der Waals surface area contributed by atoms with Gasteiger partial charge in [0, 0.05) is 6.42 Å². The van der Waals surface area contributed by atoms with Crippen LogP contribution in [0.2, 0.25) is 0 Å². The van der Waals surface area contributed by atoms with E-state index in [1.54, 1.807) is 0 Å². The van der Waals surface area contributed by atoms with Gasteiger partial charge in [0.05, 0.1) is 5.25 Å². The van der Waals surface area contributed by atoms with E-state index in [1.807, 2.05) is 6.92 Å². The number of amides is 2. The molecule has 1 heterocycles. The first-order valence-electron chi connectivity index (χ1n) is 4.60. The van der Waals surface area contributed by atoms with Gasteiger partial charge in [0.15, 0.2) is 0 Å². The predicted molar refractivity (Wildman–Crippen MR) is 55.7 cm³/mol. The van der Waals surface area contributed by atoms with Crippen LogP contribution in [-0.4, -0.2) is 22.8 Å². The highest BCUT2D eigenvalue weighted by Crippen LogP contribution is 2.18. The Hall–Kier alpha value is -0.510. The predicted octanol–water partition coefficient (Wildman–Crippen LogP) is 1.57. The maximum absolute atomic E-state index is 10.8. The summed E-state index contributed by atoms with van der Waals surface area (Å²) in [6, 6.07) is 0. The zero-order valence-electron chi connectivity index (χ0n) is 8.42. The minimum atomic E-state index is -0.143. The third-order valence-corrected chi connectivity index (χ3v) is 2.41. The second-order valence-electron chi connectivity index (χ2n) is 2.77. The molecule has 0 radical (unpaired) electrons. The molecule has 13 heavy (non-hydrogen) atoms. The first-order valence-corrected chi connectivity index (χ1v) is 5.65. The molecule has 3 nitrogen and oxygen atoms in total. The molecule has 1 aliphatic heterocycles. The summed E-state index contributed by atoms with van der Waals surface area (Å²) in [7, 11) is 0. The number of carbonyl (C=O) groups is 2. The van der Waals surface area contributed by atoms with Crippen LogP contribution < -0.4 is 5.32 Å². The van der Waals surface area contributed by atoms with Crippen LogP contribution in [0, 0.1) is 0 Å². The number of nitrogens with one attached hydrogen (secondary N) is 1. The number of thioether (sulfide) groups is 1. The molecule has 1 saturated heterocycles. The molecule has 1 aliphatic rings. The molecule has 1 unspecified atom stereocenters. The maximum atomic E-state index is 10.8. The quantitative estimate of drug-likeness (QED) is 0.693. The van der Waals surface area contributed by atoms with E-state index in [2.05, 4.69) is 19.2 Å². The molecule has 1 fully saturated rings. The van der Waals surface area contributed by atoms with E-state index in [4.69, 9.17) is 0 Å². The van der Waals surface area contributed by atoms with Crippen molar-refractivity contribution < 1.29 is 9.59 Å². The molecule has 1 atom stereocenters. The van der Waals surface area contributed by atoms with Crippen LogP contribution in [0.3, 0.4) is 0 Å². The first kappa shape index (κ1) is 12.5. The van der Waals surface area contributed by atoms with Gasteiger partial charge in [-0.1, -0.05) is 27.2 Å². The molecule has 76 valence electrons. The normalized spacial score (nSPS) is 20.7. The second-order valence-corrected chi connectivity index (χ2v) is 4.25. The van der Waals surface area contributed by atoms with Crippen molar-refractivity contribution in [2.75, 3.05) is 5.75 Å². The zero-order valence-corrected chi connectivity index (χ0v) is 9.24. The number of imide groups is 1. The largest absolute Gasteiger partial charge is 0.295 e. The molecule has 2 amide bonds. The summed E-state index contributed by atoms with van der Waals surface area (Å²) in [5.41, 5.74) is 0. The Morgan fingerprint density at radius 3 is 2.23 bits per heavy atom. The van der Waals surface area contributed by atoms with Crippen LogP contribution in [0.1, 0.15) is 33.6 Å². The lowest BCUT2D eigenvalue weighted by Crippen LogP contribution is -2.23. The van der Waals surface area contributed by atoms with Gasteiger partial charge in [-0.25, -0.2) is 0 Å². The molecule has 0 aliphatic carbocycles. The SMILES string of the molecule is CCC.CCSC1CC(=O)NC1=O. The molecule has 0 saturated carbocycles. The Morgan fingerprint density at radius 2 is 1.92 bits per heavy atom. The van der Waals surface area contributed by atoms with E-state index in [-0.39, 0.29) is 17.1 Å². The molecule has 4 heteroatoms. The van der Waals surface area contributed by atoms with E-state index in [9.17, 15) is 9.59 Å². The number of carbonyl (C=O) groups excluding carboxylic acids is 2. The Balaban J connectivity index is 0.000000424. The average molecular weight is 203 g/mol. The summed E-state index contributed by atoms with van der Waals surface area (Å²) < 4.78 is 0. The van der Waals surface area contributed by atoms with Crippen molar-refractivity contribution in [3.8, 4) is 0 Å². The van der Waals surface area contributed by atoms with E-state index < -0.39 is 0 Å². The van der Waals surface area contributed by atoms with Crippen LogP contribution in [0.4, 0.5) is 0 Å². The molecule has 0 aromatic rings. The van der Waals surface area contributed by atoms with Crippen LogP contribution >= 0.6 is 11.8 Å². The molecule has 0 aromatic carbocycles. The van der Waals surface area contributed by atoms with E-state index in [0.717, 1.165) is 5.75 Å². The fourth-order valence-corrected chi connectivity index (χ4v) is 1.75. The highest BCUT2D eigenvalue weighted by Gasteiger charge is 2.29. The third-order valence-electron chi connectivity index (χ3n) is 1.29. The first-order chi connectivity index (χ1) is 6.15. The number of hydrogen-bond donors (Lipinski definition) is 1. The second kappa shape index (κ2) is 6.95. The highest BCUT2D eigenvalue weighted by molar-refractivity contribution is 8.00. The molecular weight excluding hydrogens is 186 g/mol. The Morgan fingerprint density at radius 1 is 1.38 bits per heavy atom. The van der Waals surface area contributed by atoms with Crippen molar-refractivity contribution in [1.82, 2.24) is 5.32 Å². The zero-order chi connectivity index (χ0) is 10.3. The molecular formula is C9H17NO2S. The lowest BCUT2D eigenvalue weighted by Gasteiger charge is -1.99. The van der Waals surface area contributed by atoms with Gasteiger partial charge in [-0.05, 0) is 5.75 Å². The molecule has 1 rings (SSSR count). The lowest BCUT2D eigenvalue weighted by atomic mass is 10.4. The number of hydrogen-bond acceptors (Lipinski definition) is 3. The smallest absolute Gasteiger partial charge is 0.240 e. The Bertz CT molecular complexity index is 182. The van der Waals surface area contributed by atoms with Crippen LogP contribution in [0.25, 0.3) is 0 Å². The van der Waals surface area contributed by atoms with E-state index in [0.29, 0.717) is 6.42 Å². The van der Waals surface area contributed by atoms with Gasteiger partial charge in [0.1, 0.15) is 0 Å². The lowest BCUT2D eigenvalue weighted by molar-refractivity contribution is -0.124. The van der Waals surface area contributed by atoms with Crippen molar-refractivity contribution in [2.24, 2.45) is 0 Å². The highest BCUT2D eigenvalue weighted by atomic mass is 32.2. The van der Waals surface area contributed by atoms with Crippen molar-refractivity contribution in [3.63, 3.8) is 0 Å². The third kappa shape index (κ3) is 4.93. The van der Waals surface area contributed by atoms with Gasteiger partial charge in [-0.15, -0.1) is 11.8 Å². The van der Waals surface area contributed by atoms with Crippen LogP contribution in [-0.2, 0) is 9.59 Å². The average Bonchev–Trinajstić information content (AvgIpc) is 2.33. The summed E-state index contributed by atoms with van der Waals surface area (Å²) in [4.78, 5) is 21.4. The van der Waals surface area contributed by atoms with E-state index >= 15 is 0 Å². The van der Waals surface area contributed by atoms with Gasteiger partial charge in [0.2, 0.25) is 11.8 Å². The Labute approximate surface area is 83.7 Å². The molecule has 0 aromatic heterocycles. The van der Waals surface area contributed by atoms with E-state index in [1.165, 1.54) is 18.2 Å². The topological polar surface area (TPSA) is 46.2 Å². The summed E-state index contributed by atoms with van der Waals surface area (Å²) in [6.45, 7) is 6.22. The van der Waals surface area contributed by atoms with Gasteiger partial charge in [0.25, 0.3) is 0 Å². The van der Waals surface area contributed by atoms with Gasteiger partial charge >= 0.3 is 0 Å². The minimum absolute atomic E-state index is 0.127. The van der Waals surface area contributed by atoms with Crippen LogP contribution in [0.5, 0.6) is 0 Å². The van der Waals surface area contributed by atoms with Crippen molar-refractivity contribution in [1.29, 1.82) is 0 Å². The fraction of sp³-hybridized carbons (Fsp3) is 0.778. The minimum Gasteiger partial charge on any atom is -0.295 e. The molecule has 1 N–H and O–H groups in total. The van der Waals surface area contributed by atoms with Gasteiger partial charge < -0.3 is 0 Å².